The summed E-state index contributed by atoms with van der Waals surface area (Å²) in [6, 6.07) is 12.9. The minimum atomic E-state index is -4.72. The van der Waals surface area contributed by atoms with Crippen molar-refractivity contribution in [1.82, 2.24) is 14.9 Å². The number of nitrogens with one attached hydrogen (secondary N) is 3. The van der Waals surface area contributed by atoms with E-state index in [4.69, 9.17) is 9.47 Å². The molecule has 1 aliphatic rings. The van der Waals surface area contributed by atoms with Gasteiger partial charge in [-0.25, -0.2) is 9.78 Å². The second-order valence-corrected chi connectivity index (χ2v) is 10.1. The number of aromatic nitrogens is 2. The predicted octanol–water partition coefficient (Wildman–Crippen LogP) is 6.11. The number of amides is 2. The maximum atomic E-state index is 13.8. The van der Waals surface area contributed by atoms with E-state index in [1.165, 1.54) is 11.0 Å². The number of ether oxygens (including phenoxy) is 2. The molecule has 0 aliphatic carbocycles. The van der Waals surface area contributed by atoms with Crippen LogP contribution in [0.15, 0.2) is 67.4 Å². The maximum Gasteiger partial charge on any atom is 0.421 e. The standard InChI is InChI=1S/C28H29F3N6O4/c1-5-23(38)33-17-8-6-9-18(12-17)35-25-32-14-22(28(29,30)31)24(36-25)34-19-10-7-11-20(13-19)40-21-15-37(16-21)26(39)41-27(2,3)4/h5-14,21H,1,15-16H2,2-4H3,(H,33,38)(H2,32,34,35,36). The highest BCUT2D eigenvalue weighted by Gasteiger charge is 2.36. The van der Waals surface area contributed by atoms with Gasteiger partial charge < -0.3 is 30.3 Å². The first kappa shape index (κ1) is 29.2. The molecule has 13 heteroatoms. The highest BCUT2D eigenvalue weighted by atomic mass is 19.4. The average Bonchev–Trinajstić information content (AvgIpc) is 2.84. The van der Waals surface area contributed by atoms with Crippen LogP contribution in [0.4, 0.5) is 46.8 Å². The Balaban J connectivity index is 1.46. The van der Waals surface area contributed by atoms with E-state index in [0.717, 1.165) is 6.08 Å². The van der Waals surface area contributed by atoms with Crippen LogP contribution >= 0.6 is 0 Å². The monoisotopic (exact) mass is 570 g/mol. The molecule has 0 atom stereocenters. The first-order valence-electron chi connectivity index (χ1n) is 12.6. The fraction of sp³-hybridized carbons (Fsp3) is 0.286. The molecule has 3 aromatic rings. The molecule has 0 bridgehead atoms. The zero-order chi connectivity index (χ0) is 29.8. The van der Waals surface area contributed by atoms with Crippen LogP contribution in [0.1, 0.15) is 26.3 Å². The third kappa shape index (κ3) is 8.10. The molecular weight excluding hydrogens is 541 g/mol. The van der Waals surface area contributed by atoms with Crippen LogP contribution in [0.25, 0.3) is 0 Å². The van der Waals surface area contributed by atoms with E-state index in [-0.39, 0.29) is 12.1 Å². The lowest BCUT2D eigenvalue weighted by atomic mass is 10.1. The Morgan fingerprint density at radius 2 is 1.68 bits per heavy atom. The molecule has 0 unspecified atom stereocenters. The van der Waals surface area contributed by atoms with Gasteiger partial charge in [0.25, 0.3) is 0 Å². The minimum Gasteiger partial charge on any atom is -0.487 e. The largest absolute Gasteiger partial charge is 0.487 e. The molecule has 41 heavy (non-hydrogen) atoms. The predicted molar refractivity (Wildman–Crippen MR) is 148 cm³/mol. The molecule has 0 saturated carbocycles. The van der Waals surface area contributed by atoms with Crippen molar-refractivity contribution in [3.8, 4) is 5.75 Å². The SMILES string of the molecule is C=CC(=O)Nc1cccc(Nc2ncc(C(F)(F)F)c(Nc3cccc(OC4CN(C(=O)OC(C)(C)C)C4)c3)n2)c1. The van der Waals surface area contributed by atoms with Crippen molar-refractivity contribution in [2.75, 3.05) is 29.0 Å². The third-order valence-corrected chi connectivity index (χ3v) is 5.57. The van der Waals surface area contributed by atoms with Gasteiger partial charge in [-0.3, -0.25) is 4.79 Å². The van der Waals surface area contributed by atoms with Gasteiger partial charge in [0.2, 0.25) is 11.9 Å². The summed E-state index contributed by atoms with van der Waals surface area (Å²) in [4.78, 5) is 33.1. The number of nitrogens with zero attached hydrogens (tertiary/aromatic N) is 3. The summed E-state index contributed by atoms with van der Waals surface area (Å²) in [5.41, 5.74) is -0.484. The molecule has 4 rings (SSSR count). The van der Waals surface area contributed by atoms with E-state index in [1.54, 1.807) is 63.2 Å². The van der Waals surface area contributed by atoms with Gasteiger partial charge in [-0.1, -0.05) is 18.7 Å². The molecule has 3 N–H and O–H groups in total. The molecule has 0 radical (unpaired) electrons. The lowest BCUT2D eigenvalue weighted by Gasteiger charge is -2.39. The summed E-state index contributed by atoms with van der Waals surface area (Å²) >= 11 is 0. The number of alkyl halides is 3. The van der Waals surface area contributed by atoms with Crippen molar-refractivity contribution in [2.24, 2.45) is 0 Å². The van der Waals surface area contributed by atoms with E-state index in [9.17, 15) is 22.8 Å². The second kappa shape index (κ2) is 11.7. The fourth-order valence-corrected chi connectivity index (χ4v) is 3.71. The Labute approximate surface area is 234 Å². The van der Waals surface area contributed by atoms with Crippen LogP contribution in [0.5, 0.6) is 5.75 Å². The number of hydrogen-bond acceptors (Lipinski definition) is 8. The number of carbonyl (C=O) groups excluding carboxylic acids is 2. The van der Waals surface area contributed by atoms with Crippen LogP contribution < -0.4 is 20.7 Å². The summed E-state index contributed by atoms with van der Waals surface area (Å²) in [5.74, 6) is -0.577. The van der Waals surface area contributed by atoms with E-state index in [0.29, 0.717) is 42.1 Å². The number of anilines is 5. The normalized spacial score (nSPS) is 13.6. The summed E-state index contributed by atoms with van der Waals surface area (Å²) in [6.07, 6.45) is -3.65. The van der Waals surface area contributed by atoms with Crippen molar-refractivity contribution in [2.45, 2.75) is 38.7 Å². The van der Waals surface area contributed by atoms with Crippen molar-refractivity contribution < 1.29 is 32.2 Å². The highest BCUT2D eigenvalue weighted by molar-refractivity contribution is 5.99. The molecule has 2 aromatic carbocycles. The number of likely N-dealkylation sites (tertiary alicyclic amines) is 1. The van der Waals surface area contributed by atoms with Gasteiger partial charge >= 0.3 is 12.3 Å². The number of hydrogen-bond donors (Lipinski definition) is 3. The summed E-state index contributed by atoms with van der Waals surface area (Å²) in [6.45, 7) is 9.38. The summed E-state index contributed by atoms with van der Waals surface area (Å²) in [5, 5.41) is 8.15. The lowest BCUT2D eigenvalue weighted by Crippen LogP contribution is -2.57. The number of rotatable bonds is 8. The lowest BCUT2D eigenvalue weighted by molar-refractivity contribution is -0.137. The van der Waals surface area contributed by atoms with Crippen molar-refractivity contribution in [3.05, 3.63) is 72.9 Å². The second-order valence-electron chi connectivity index (χ2n) is 10.1. The zero-order valence-electron chi connectivity index (χ0n) is 22.6. The fourth-order valence-electron chi connectivity index (χ4n) is 3.71. The van der Waals surface area contributed by atoms with Gasteiger partial charge in [-0.2, -0.15) is 18.2 Å². The van der Waals surface area contributed by atoms with E-state index in [2.05, 4.69) is 32.5 Å². The first-order chi connectivity index (χ1) is 19.3. The smallest absolute Gasteiger partial charge is 0.421 e. The van der Waals surface area contributed by atoms with Gasteiger partial charge in [0.15, 0.2) is 0 Å². The molecule has 1 aromatic heterocycles. The van der Waals surface area contributed by atoms with Crippen LogP contribution in [-0.4, -0.2) is 51.7 Å². The Bertz CT molecular complexity index is 1430. The van der Waals surface area contributed by atoms with Gasteiger partial charge in [0.05, 0.1) is 13.1 Å². The zero-order valence-corrected chi connectivity index (χ0v) is 22.6. The molecular formula is C28H29F3N6O4. The van der Waals surface area contributed by atoms with E-state index >= 15 is 0 Å². The third-order valence-electron chi connectivity index (χ3n) is 5.57. The Kier molecular flexibility index (Phi) is 8.36. The molecule has 0 spiro atoms. The molecule has 1 fully saturated rings. The Morgan fingerprint density at radius 1 is 1.02 bits per heavy atom. The van der Waals surface area contributed by atoms with Crippen molar-refractivity contribution in [1.29, 1.82) is 0 Å². The van der Waals surface area contributed by atoms with Crippen molar-refractivity contribution in [3.63, 3.8) is 0 Å². The molecule has 1 aliphatic heterocycles. The maximum absolute atomic E-state index is 13.8. The minimum absolute atomic E-state index is 0.100. The quantitative estimate of drug-likeness (QED) is 0.278. The van der Waals surface area contributed by atoms with Gasteiger partial charge in [-0.15, -0.1) is 0 Å². The van der Waals surface area contributed by atoms with Gasteiger partial charge in [0.1, 0.15) is 28.8 Å². The van der Waals surface area contributed by atoms with Crippen LogP contribution in [-0.2, 0) is 15.7 Å². The van der Waals surface area contributed by atoms with Gasteiger partial charge in [0, 0.05) is 29.3 Å². The van der Waals surface area contributed by atoms with Crippen LogP contribution in [0.3, 0.4) is 0 Å². The van der Waals surface area contributed by atoms with Gasteiger partial charge in [-0.05, 0) is 57.2 Å². The molecule has 216 valence electrons. The molecule has 2 amide bonds. The molecule has 10 nitrogen and oxygen atoms in total. The highest BCUT2D eigenvalue weighted by Crippen LogP contribution is 2.36. The topological polar surface area (TPSA) is 118 Å². The Hall–Kier alpha value is -4.81. The molecule has 1 saturated heterocycles. The van der Waals surface area contributed by atoms with Crippen LogP contribution in [0.2, 0.25) is 0 Å². The number of halogens is 3. The molecule has 2 heterocycles. The average molecular weight is 571 g/mol. The van der Waals surface area contributed by atoms with E-state index < -0.39 is 35.2 Å². The van der Waals surface area contributed by atoms with E-state index in [1.807, 2.05) is 0 Å². The summed E-state index contributed by atoms with van der Waals surface area (Å²) < 4.78 is 52.5. The summed E-state index contributed by atoms with van der Waals surface area (Å²) in [7, 11) is 0. The Morgan fingerprint density at radius 3 is 2.34 bits per heavy atom. The van der Waals surface area contributed by atoms with Crippen LogP contribution in [0, 0.1) is 0 Å². The number of carbonyl (C=O) groups is 2. The number of benzene rings is 2. The van der Waals surface area contributed by atoms with Crippen molar-refractivity contribution >= 4 is 40.8 Å². The first-order valence-corrected chi connectivity index (χ1v) is 12.6.